The Morgan fingerprint density at radius 1 is 0.907 bits per heavy atom. The van der Waals surface area contributed by atoms with E-state index in [-0.39, 0.29) is 37.5 Å². The molecule has 43 heavy (non-hydrogen) atoms. The summed E-state index contributed by atoms with van der Waals surface area (Å²) in [5.74, 6) is 1.65. The number of halogens is 1. The predicted octanol–water partition coefficient (Wildman–Crippen LogP) is 4.01. The normalized spacial score (nSPS) is 14.0. The van der Waals surface area contributed by atoms with Crippen LogP contribution in [-0.4, -0.2) is 78.4 Å². The number of rotatable bonds is 8. The molecule has 2 aliphatic heterocycles. The van der Waals surface area contributed by atoms with Gasteiger partial charge in [0.05, 0.1) is 12.8 Å². The first-order chi connectivity index (χ1) is 21.0. The lowest BCUT2D eigenvalue weighted by Gasteiger charge is -2.36. The van der Waals surface area contributed by atoms with Gasteiger partial charge in [0.1, 0.15) is 18.1 Å². The maximum Gasteiger partial charge on any atom is 0.254 e. The highest BCUT2D eigenvalue weighted by Gasteiger charge is 2.27. The van der Waals surface area contributed by atoms with Gasteiger partial charge in [0.2, 0.25) is 12.7 Å². The highest BCUT2D eigenvalue weighted by atomic mass is 19.1. The zero-order valence-electron chi connectivity index (χ0n) is 23.6. The van der Waals surface area contributed by atoms with Crippen molar-refractivity contribution < 1.29 is 28.2 Å². The van der Waals surface area contributed by atoms with Gasteiger partial charge in [-0.2, -0.15) is 0 Å². The fraction of sp³-hybridized carbons (Fsp3) is 0.250. The molecule has 1 saturated heterocycles. The highest BCUT2D eigenvalue weighted by molar-refractivity contribution is 5.97. The fourth-order valence-corrected chi connectivity index (χ4v) is 5.10. The van der Waals surface area contributed by atoms with Crippen molar-refractivity contribution in [2.75, 3.05) is 51.5 Å². The van der Waals surface area contributed by atoms with Crippen molar-refractivity contribution in [1.29, 1.82) is 0 Å². The Balaban J connectivity index is 1.11. The minimum Gasteiger partial charge on any atom is -0.497 e. The second-order valence-electron chi connectivity index (χ2n) is 10.2. The van der Waals surface area contributed by atoms with Gasteiger partial charge in [-0.05, 0) is 60.2 Å². The SMILES string of the molecule is COc1cccc(-c2ccc(N3CCN(C(=O)CN(Cc4ccc(F)cc4)C(=O)c4ccc5c(c4)OCO5)CC3)nn2)c1. The molecule has 0 bridgehead atoms. The number of nitrogens with zero attached hydrogens (tertiary/aromatic N) is 5. The number of piperazine rings is 1. The summed E-state index contributed by atoms with van der Waals surface area (Å²) in [6, 6.07) is 22.3. The Labute approximate surface area is 248 Å². The van der Waals surface area contributed by atoms with Gasteiger partial charge in [-0.15, -0.1) is 10.2 Å². The topological polar surface area (TPSA) is 97.3 Å². The van der Waals surface area contributed by atoms with Gasteiger partial charge in [-0.3, -0.25) is 9.59 Å². The first-order valence-electron chi connectivity index (χ1n) is 13.9. The summed E-state index contributed by atoms with van der Waals surface area (Å²) in [6.07, 6.45) is 0. The van der Waals surface area contributed by atoms with E-state index < -0.39 is 0 Å². The predicted molar refractivity (Wildman–Crippen MR) is 157 cm³/mol. The van der Waals surface area contributed by atoms with Crippen LogP contribution in [-0.2, 0) is 11.3 Å². The van der Waals surface area contributed by atoms with Crippen LogP contribution in [0, 0.1) is 5.82 Å². The van der Waals surface area contributed by atoms with Gasteiger partial charge in [0.25, 0.3) is 5.91 Å². The first kappa shape index (κ1) is 28.0. The quantitative estimate of drug-likeness (QED) is 0.307. The molecule has 0 aliphatic carbocycles. The van der Waals surface area contributed by atoms with Crippen molar-refractivity contribution >= 4 is 17.6 Å². The van der Waals surface area contributed by atoms with E-state index in [1.165, 1.54) is 17.0 Å². The van der Waals surface area contributed by atoms with E-state index in [4.69, 9.17) is 14.2 Å². The molecular formula is C32H30FN5O5. The summed E-state index contributed by atoms with van der Waals surface area (Å²) >= 11 is 0. The van der Waals surface area contributed by atoms with Crippen LogP contribution in [0.2, 0.25) is 0 Å². The lowest BCUT2D eigenvalue weighted by molar-refractivity contribution is -0.132. The summed E-state index contributed by atoms with van der Waals surface area (Å²) in [7, 11) is 1.62. The first-order valence-corrected chi connectivity index (χ1v) is 13.9. The standard InChI is InChI=1S/C32H30FN5O5/c1-41-26-4-2-3-23(17-26)27-10-12-30(35-34-27)36-13-15-37(16-14-36)31(39)20-38(19-22-5-8-25(33)9-6-22)32(40)24-7-11-28-29(18-24)43-21-42-28/h2-12,17-18H,13-16,19-21H2,1H3. The van der Waals surface area contributed by atoms with Crippen LogP contribution < -0.4 is 19.1 Å². The molecule has 6 rings (SSSR count). The third-order valence-electron chi connectivity index (χ3n) is 7.49. The molecule has 3 aromatic carbocycles. The lowest BCUT2D eigenvalue weighted by Crippen LogP contribution is -2.52. The van der Waals surface area contributed by atoms with E-state index in [2.05, 4.69) is 15.1 Å². The summed E-state index contributed by atoms with van der Waals surface area (Å²) in [5.41, 5.74) is 2.74. The molecule has 0 saturated carbocycles. The van der Waals surface area contributed by atoms with Crippen LogP contribution in [0.25, 0.3) is 11.3 Å². The molecule has 0 N–H and O–H groups in total. The van der Waals surface area contributed by atoms with Gasteiger partial charge >= 0.3 is 0 Å². The Hall–Kier alpha value is -5.19. The Bertz CT molecular complexity index is 1610. The van der Waals surface area contributed by atoms with Gasteiger partial charge in [0, 0.05) is 43.9 Å². The molecule has 3 heterocycles. The number of methoxy groups -OCH3 is 1. The van der Waals surface area contributed by atoms with Gasteiger partial charge in [-0.25, -0.2) is 4.39 Å². The molecule has 11 heteroatoms. The van der Waals surface area contributed by atoms with Gasteiger partial charge in [0.15, 0.2) is 17.3 Å². The zero-order valence-corrected chi connectivity index (χ0v) is 23.6. The molecule has 4 aromatic rings. The van der Waals surface area contributed by atoms with Crippen molar-refractivity contribution in [3.05, 3.63) is 95.8 Å². The molecule has 0 unspecified atom stereocenters. The monoisotopic (exact) mass is 583 g/mol. The number of ether oxygens (including phenoxy) is 3. The molecule has 1 aromatic heterocycles. The van der Waals surface area contributed by atoms with E-state index >= 15 is 0 Å². The van der Waals surface area contributed by atoms with Crippen molar-refractivity contribution in [2.45, 2.75) is 6.54 Å². The second kappa shape index (κ2) is 12.4. The van der Waals surface area contributed by atoms with Gasteiger partial charge in [-0.1, -0.05) is 24.3 Å². The minimum absolute atomic E-state index is 0.0920. The fourth-order valence-electron chi connectivity index (χ4n) is 5.10. The highest BCUT2D eigenvalue weighted by Crippen LogP contribution is 2.33. The van der Waals surface area contributed by atoms with Crippen molar-refractivity contribution in [2.24, 2.45) is 0 Å². The largest absolute Gasteiger partial charge is 0.497 e. The average Bonchev–Trinajstić information content (AvgIpc) is 3.53. The number of benzene rings is 3. The molecule has 0 radical (unpaired) electrons. The number of aromatic nitrogens is 2. The number of fused-ring (bicyclic) bond motifs is 1. The van der Waals surface area contributed by atoms with Crippen LogP contribution >= 0.6 is 0 Å². The number of hydrogen-bond acceptors (Lipinski definition) is 8. The summed E-state index contributed by atoms with van der Waals surface area (Å²) in [6.45, 7) is 2.21. The Morgan fingerprint density at radius 3 is 2.44 bits per heavy atom. The molecule has 2 amide bonds. The number of hydrogen-bond donors (Lipinski definition) is 0. The third kappa shape index (κ3) is 6.35. The smallest absolute Gasteiger partial charge is 0.254 e. The maximum absolute atomic E-state index is 13.6. The van der Waals surface area contributed by atoms with E-state index in [0.29, 0.717) is 48.8 Å². The van der Waals surface area contributed by atoms with Crippen molar-refractivity contribution in [1.82, 2.24) is 20.0 Å². The number of carbonyl (C=O) groups is 2. The van der Waals surface area contributed by atoms with Crippen LogP contribution in [0.4, 0.5) is 10.2 Å². The van der Waals surface area contributed by atoms with Gasteiger partial charge < -0.3 is 28.9 Å². The van der Waals surface area contributed by atoms with E-state index in [1.807, 2.05) is 36.4 Å². The third-order valence-corrected chi connectivity index (χ3v) is 7.49. The summed E-state index contributed by atoms with van der Waals surface area (Å²) in [5, 5.41) is 8.82. The van der Waals surface area contributed by atoms with Crippen molar-refractivity contribution in [3.8, 4) is 28.5 Å². The van der Waals surface area contributed by atoms with E-state index in [1.54, 1.807) is 42.3 Å². The van der Waals surface area contributed by atoms with Crippen molar-refractivity contribution in [3.63, 3.8) is 0 Å². The van der Waals surface area contributed by atoms with Crippen LogP contribution in [0.5, 0.6) is 17.2 Å². The molecule has 0 atom stereocenters. The maximum atomic E-state index is 13.6. The molecule has 220 valence electrons. The number of amides is 2. The molecule has 1 fully saturated rings. The van der Waals surface area contributed by atoms with E-state index in [9.17, 15) is 14.0 Å². The van der Waals surface area contributed by atoms with E-state index in [0.717, 1.165) is 22.8 Å². The average molecular weight is 584 g/mol. The molecule has 2 aliphatic rings. The number of anilines is 1. The number of carbonyl (C=O) groups excluding carboxylic acids is 2. The zero-order chi connectivity index (χ0) is 29.8. The Kier molecular flexibility index (Phi) is 8.03. The lowest BCUT2D eigenvalue weighted by atomic mass is 10.1. The molecule has 0 spiro atoms. The summed E-state index contributed by atoms with van der Waals surface area (Å²) < 4.78 is 29.6. The Morgan fingerprint density at radius 2 is 1.70 bits per heavy atom. The summed E-state index contributed by atoms with van der Waals surface area (Å²) in [4.78, 5) is 32.3. The second-order valence-corrected chi connectivity index (χ2v) is 10.2. The molecular weight excluding hydrogens is 553 g/mol. The minimum atomic E-state index is -0.369. The van der Waals surface area contributed by atoms with Crippen LogP contribution in [0.15, 0.2) is 78.9 Å². The van der Waals surface area contributed by atoms with Crippen LogP contribution in [0.1, 0.15) is 15.9 Å². The van der Waals surface area contributed by atoms with Crippen LogP contribution in [0.3, 0.4) is 0 Å². The molecule has 10 nitrogen and oxygen atoms in total.